The van der Waals surface area contributed by atoms with Crippen LogP contribution in [0.5, 0.6) is 0 Å². The second-order valence-corrected chi connectivity index (χ2v) is 5.00. The van der Waals surface area contributed by atoms with E-state index in [0.29, 0.717) is 30.3 Å². The molecule has 0 atom stereocenters. The first-order valence-corrected chi connectivity index (χ1v) is 6.60. The smallest absolute Gasteiger partial charge is 0.262 e. The van der Waals surface area contributed by atoms with E-state index in [0.717, 1.165) is 0 Å². The molecule has 0 saturated heterocycles. The van der Waals surface area contributed by atoms with E-state index in [9.17, 15) is 9.59 Å². The molecule has 1 aliphatic rings. The maximum absolute atomic E-state index is 12.0. The molecule has 4 heteroatoms. The van der Waals surface area contributed by atoms with Crippen LogP contribution in [0.25, 0.3) is 0 Å². The third-order valence-corrected chi connectivity index (χ3v) is 2.87. The molecule has 0 aromatic heterocycles. The third-order valence-electron chi connectivity index (χ3n) is 2.87. The number of fused-ring (bicyclic) bond motifs is 1. The van der Waals surface area contributed by atoms with Gasteiger partial charge in [-0.1, -0.05) is 37.8 Å². The lowest BCUT2D eigenvalue weighted by Gasteiger charge is -2.08. The lowest BCUT2D eigenvalue weighted by atomic mass is 10.1. The number of hydrogen-bond donors (Lipinski definition) is 0. The zero-order valence-corrected chi connectivity index (χ0v) is 11.7. The van der Waals surface area contributed by atoms with Crippen molar-refractivity contribution in [3.05, 3.63) is 35.4 Å². The van der Waals surface area contributed by atoms with Crippen LogP contribution in [0.4, 0.5) is 0 Å². The highest BCUT2D eigenvalue weighted by molar-refractivity contribution is 6.21. The monoisotopic (exact) mass is 271 g/mol. The highest BCUT2D eigenvalue weighted by Gasteiger charge is 2.34. The van der Waals surface area contributed by atoms with E-state index in [2.05, 4.69) is 25.7 Å². The van der Waals surface area contributed by atoms with Crippen LogP contribution in [-0.2, 0) is 4.74 Å². The fourth-order valence-corrected chi connectivity index (χ4v) is 1.91. The van der Waals surface area contributed by atoms with Crippen LogP contribution in [0.2, 0.25) is 0 Å². The van der Waals surface area contributed by atoms with E-state index >= 15 is 0 Å². The number of hydrogen-bond acceptors (Lipinski definition) is 3. The molecule has 0 N–H and O–H groups in total. The quantitative estimate of drug-likeness (QED) is 0.478. The van der Waals surface area contributed by atoms with Gasteiger partial charge < -0.3 is 4.74 Å². The Morgan fingerprint density at radius 3 is 2.25 bits per heavy atom. The lowest BCUT2D eigenvalue weighted by molar-refractivity contribution is 0.0674. The molecule has 0 fully saturated rings. The summed E-state index contributed by atoms with van der Waals surface area (Å²) in [4.78, 5) is 25.2. The Balaban J connectivity index is 1.91. The molecular weight excluding hydrogens is 254 g/mol. The van der Waals surface area contributed by atoms with Crippen molar-refractivity contribution in [1.82, 2.24) is 4.90 Å². The molecule has 0 unspecified atom stereocenters. The number of nitrogens with zero attached hydrogens (tertiary/aromatic N) is 1. The van der Waals surface area contributed by atoms with E-state index in [4.69, 9.17) is 4.74 Å². The molecule has 0 spiro atoms. The van der Waals surface area contributed by atoms with Crippen molar-refractivity contribution in [2.75, 3.05) is 19.8 Å². The van der Waals surface area contributed by atoms with E-state index < -0.39 is 0 Å². The summed E-state index contributed by atoms with van der Waals surface area (Å²) in [6.07, 6.45) is 0. The summed E-state index contributed by atoms with van der Waals surface area (Å²) in [5.41, 5.74) is 0.908. The van der Waals surface area contributed by atoms with Gasteiger partial charge in [0.2, 0.25) is 0 Å². The Kier molecular flexibility index (Phi) is 4.54. The molecule has 0 aliphatic carbocycles. The molecule has 2 amide bonds. The van der Waals surface area contributed by atoms with E-state index in [1.165, 1.54) is 4.90 Å². The van der Waals surface area contributed by atoms with Crippen molar-refractivity contribution in [3.8, 4) is 11.8 Å². The van der Waals surface area contributed by atoms with Gasteiger partial charge in [0.15, 0.2) is 0 Å². The minimum atomic E-state index is -0.275. The zero-order chi connectivity index (χ0) is 14.5. The second-order valence-electron chi connectivity index (χ2n) is 5.00. The minimum Gasteiger partial charge on any atom is -0.369 e. The fourth-order valence-electron chi connectivity index (χ4n) is 1.91. The predicted octanol–water partition coefficient (Wildman–Crippen LogP) is 1.96. The van der Waals surface area contributed by atoms with Crippen molar-refractivity contribution in [2.45, 2.75) is 13.8 Å². The average Bonchev–Trinajstić information content (AvgIpc) is 2.67. The van der Waals surface area contributed by atoms with Crippen molar-refractivity contribution >= 4 is 11.8 Å². The molecule has 0 radical (unpaired) electrons. The minimum absolute atomic E-state index is 0.109. The number of carbonyl (C=O) groups excluding carboxylic acids is 2. The van der Waals surface area contributed by atoms with Crippen molar-refractivity contribution in [3.63, 3.8) is 0 Å². The standard InChI is InChI=1S/C16H17NO3/c1-12(2)11-20-10-6-5-9-17-15(18)13-7-3-4-8-14(13)16(17)19/h3-4,7-8,12H,9-11H2,1-2H3. The number of benzene rings is 1. The van der Waals surface area contributed by atoms with Crippen molar-refractivity contribution in [1.29, 1.82) is 0 Å². The number of carbonyl (C=O) groups is 2. The second kappa shape index (κ2) is 6.36. The van der Waals surface area contributed by atoms with Crippen LogP contribution in [0.15, 0.2) is 24.3 Å². The molecule has 0 saturated carbocycles. The molecule has 1 aromatic rings. The molecule has 1 aliphatic heterocycles. The Labute approximate surface area is 118 Å². The average molecular weight is 271 g/mol. The van der Waals surface area contributed by atoms with Gasteiger partial charge in [0.05, 0.1) is 24.3 Å². The molecule has 20 heavy (non-hydrogen) atoms. The number of ether oxygens (including phenoxy) is 1. The molecule has 1 aromatic carbocycles. The summed E-state index contributed by atoms with van der Waals surface area (Å²) >= 11 is 0. The molecule has 104 valence electrons. The summed E-state index contributed by atoms with van der Waals surface area (Å²) in [6.45, 7) is 5.21. The number of amides is 2. The first-order chi connectivity index (χ1) is 9.61. The highest BCUT2D eigenvalue weighted by Crippen LogP contribution is 2.21. The van der Waals surface area contributed by atoms with Gasteiger partial charge in [0.1, 0.15) is 6.61 Å². The highest BCUT2D eigenvalue weighted by atomic mass is 16.5. The molecule has 2 rings (SSSR count). The van der Waals surface area contributed by atoms with Gasteiger partial charge in [0.25, 0.3) is 11.8 Å². The largest absolute Gasteiger partial charge is 0.369 e. The van der Waals surface area contributed by atoms with Crippen LogP contribution in [-0.4, -0.2) is 36.5 Å². The molecule has 1 heterocycles. The lowest BCUT2D eigenvalue weighted by Crippen LogP contribution is -2.30. The molecule has 4 nitrogen and oxygen atoms in total. The first kappa shape index (κ1) is 14.3. The number of imide groups is 1. The van der Waals surface area contributed by atoms with Crippen LogP contribution in [0.1, 0.15) is 34.6 Å². The maximum Gasteiger partial charge on any atom is 0.262 e. The van der Waals surface area contributed by atoms with Crippen LogP contribution >= 0.6 is 0 Å². The van der Waals surface area contributed by atoms with Gasteiger partial charge >= 0.3 is 0 Å². The first-order valence-electron chi connectivity index (χ1n) is 6.60. The third kappa shape index (κ3) is 3.06. The van der Waals surface area contributed by atoms with Gasteiger partial charge in [-0.05, 0) is 18.1 Å². The summed E-state index contributed by atoms with van der Waals surface area (Å²) in [5.74, 6) is 5.54. The SMILES string of the molecule is CC(C)COCC#CCN1C(=O)c2ccccc2C1=O. The van der Waals surface area contributed by atoms with E-state index in [-0.39, 0.29) is 18.4 Å². The van der Waals surface area contributed by atoms with Gasteiger partial charge in [-0.3, -0.25) is 14.5 Å². The Morgan fingerprint density at radius 1 is 1.10 bits per heavy atom. The summed E-state index contributed by atoms with van der Waals surface area (Å²) < 4.78 is 5.31. The maximum atomic E-state index is 12.0. The normalized spacial score (nSPS) is 13.4. The number of rotatable bonds is 4. The topological polar surface area (TPSA) is 46.6 Å². The van der Waals surface area contributed by atoms with Gasteiger partial charge in [-0.25, -0.2) is 0 Å². The Morgan fingerprint density at radius 2 is 1.70 bits per heavy atom. The molecule has 0 bridgehead atoms. The summed E-state index contributed by atoms with van der Waals surface area (Å²) in [7, 11) is 0. The van der Waals surface area contributed by atoms with Crippen LogP contribution in [0.3, 0.4) is 0 Å². The van der Waals surface area contributed by atoms with Crippen LogP contribution < -0.4 is 0 Å². The predicted molar refractivity (Wildman–Crippen MR) is 75.2 cm³/mol. The van der Waals surface area contributed by atoms with E-state index in [1.807, 2.05) is 0 Å². The van der Waals surface area contributed by atoms with Gasteiger partial charge in [0, 0.05) is 0 Å². The van der Waals surface area contributed by atoms with Crippen molar-refractivity contribution < 1.29 is 14.3 Å². The fraction of sp³-hybridized carbons (Fsp3) is 0.375. The van der Waals surface area contributed by atoms with Crippen molar-refractivity contribution in [2.24, 2.45) is 5.92 Å². The summed E-state index contributed by atoms with van der Waals surface area (Å²) in [5, 5.41) is 0. The Bertz CT molecular complexity index is 546. The summed E-state index contributed by atoms with van der Waals surface area (Å²) in [6, 6.07) is 6.82. The van der Waals surface area contributed by atoms with E-state index in [1.54, 1.807) is 24.3 Å². The molecular formula is C16H17NO3. The van der Waals surface area contributed by atoms with Gasteiger partial charge in [-0.2, -0.15) is 0 Å². The van der Waals surface area contributed by atoms with Crippen LogP contribution in [0, 0.1) is 17.8 Å². The zero-order valence-electron chi connectivity index (χ0n) is 11.7. The van der Waals surface area contributed by atoms with Gasteiger partial charge in [-0.15, -0.1) is 0 Å². The Hall–Kier alpha value is -2.12.